The number of fused-ring (bicyclic) bond motifs is 3. The number of rotatable bonds is 7. The first kappa shape index (κ1) is 23.3. The van der Waals surface area contributed by atoms with Gasteiger partial charge in [0.25, 0.3) is 0 Å². The molecule has 0 unspecified atom stereocenters. The van der Waals surface area contributed by atoms with Gasteiger partial charge in [0.15, 0.2) is 0 Å². The number of nitrogens with zero attached hydrogens (tertiary/aromatic N) is 1. The molecule has 184 valence electrons. The van der Waals surface area contributed by atoms with E-state index in [4.69, 9.17) is 9.47 Å². The molecule has 2 fully saturated rings. The Morgan fingerprint density at radius 2 is 1.91 bits per heavy atom. The van der Waals surface area contributed by atoms with E-state index in [2.05, 4.69) is 5.32 Å². The molecule has 1 aromatic rings. The van der Waals surface area contributed by atoms with Crippen LogP contribution in [-0.2, 0) is 14.3 Å². The number of nitrogens with one attached hydrogen (secondary N) is 1. The normalized spacial score (nSPS) is 30.3. The van der Waals surface area contributed by atoms with Crippen LogP contribution in [0.5, 0.6) is 5.75 Å². The van der Waals surface area contributed by atoms with Crippen molar-refractivity contribution in [1.29, 1.82) is 0 Å². The van der Waals surface area contributed by atoms with Gasteiger partial charge in [-0.3, -0.25) is 9.59 Å². The fraction of sp³-hybridized carbons (Fsp3) is 0.615. The lowest BCUT2D eigenvalue weighted by atomic mass is 9.77. The molecule has 1 saturated heterocycles. The van der Waals surface area contributed by atoms with Crippen LogP contribution in [0, 0.1) is 5.92 Å². The number of aliphatic hydroxyl groups excluding tert-OH is 2. The number of aliphatic hydroxyl groups is 2. The Kier molecular flexibility index (Phi) is 6.90. The Bertz CT molecular complexity index is 937. The van der Waals surface area contributed by atoms with Crippen molar-refractivity contribution in [2.24, 2.45) is 5.92 Å². The molecular formula is C26H34N2O6. The quantitative estimate of drug-likeness (QED) is 0.558. The summed E-state index contributed by atoms with van der Waals surface area (Å²) < 4.78 is 12.0. The third-order valence-electron chi connectivity index (χ3n) is 7.65. The fourth-order valence-corrected chi connectivity index (χ4v) is 5.96. The van der Waals surface area contributed by atoms with Crippen molar-refractivity contribution in [2.75, 3.05) is 26.3 Å². The number of hydrogen-bond donors (Lipinski definition) is 3. The summed E-state index contributed by atoms with van der Waals surface area (Å²) in [5.41, 5.74) is 1.32. The van der Waals surface area contributed by atoms with Crippen LogP contribution < -0.4 is 10.1 Å². The van der Waals surface area contributed by atoms with Crippen LogP contribution in [0.2, 0.25) is 0 Å². The molecule has 34 heavy (non-hydrogen) atoms. The molecule has 5 atom stereocenters. The first-order valence-electron chi connectivity index (χ1n) is 12.5. The molecule has 3 N–H and O–H groups in total. The molecule has 5 rings (SSSR count). The lowest BCUT2D eigenvalue weighted by molar-refractivity contribution is -0.143. The lowest BCUT2D eigenvalue weighted by Crippen LogP contribution is -2.58. The maximum Gasteiger partial charge on any atom is 0.247 e. The summed E-state index contributed by atoms with van der Waals surface area (Å²) in [5.74, 6) is -0.143. The van der Waals surface area contributed by atoms with Crippen molar-refractivity contribution in [3.8, 4) is 5.75 Å². The Hall–Kier alpha value is -2.42. The van der Waals surface area contributed by atoms with Crippen molar-refractivity contribution in [3.63, 3.8) is 0 Å². The first-order chi connectivity index (χ1) is 16.6. The number of carbonyl (C=O) groups is 2. The van der Waals surface area contributed by atoms with E-state index < -0.39 is 24.2 Å². The lowest BCUT2D eigenvalue weighted by Gasteiger charge is -2.42. The molecule has 2 amide bonds. The minimum Gasteiger partial charge on any atom is -0.486 e. The number of hydrogen-bond acceptors (Lipinski definition) is 6. The van der Waals surface area contributed by atoms with E-state index in [0.717, 1.165) is 44.1 Å². The summed E-state index contributed by atoms with van der Waals surface area (Å²) >= 11 is 0. The standard InChI is InChI=1S/C26H34N2O6/c29-12-11-27-25(31)19-14-20(23(30)24-22(19)18-9-3-4-10-21(18)34-24)28(15-17-8-5-13-33-17)26(32)16-6-1-2-7-16/h3-4,9-10,14,16-17,20,22-24,29-30H,1-2,5-8,11-13,15H2,(H,27,31)/t17-,20-,22+,23+,24+/m1/s1. The van der Waals surface area contributed by atoms with Gasteiger partial charge in [-0.2, -0.15) is 0 Å². The van der Waals surface area contributed by atoms with Gasteiger partial charge in [0.2, 0.25) is 11.8 Å². The highest BCUT2D eigenvalue weighted by Gasteiger charge is 2.51. The van der Waals surface area contributed by atoms with Crippen molar-refractivity contribution in [3.05, 3.63) is 41.5 Å². The second-order valence-electron chi connectivity index (χ2n) is 9.79. The Labute approximate surface area is 199 Å². The second kappa shape index (κ2) is 10.1. The zero-order valence-electron chi connectivity index (χ0n) is 19.4. The summed E-state index contributed by atoms with van der Waals surface area (Å²) in [4.78, 5) is 28.6. The molecule has 0 bridgehead atoms. The first-order valence-corrected chi connectivity index (χ1v) is 12.5. The topological polar surface area (TPSA) is 108 Å². The van der Waals surface area contributed by atoms with Gasteiger partial charge in [0, 0.05) is 36.8 Å². The van der Waals surface area contributed by atoms with Crippen molar-refractivity contribution >= 4 is 11.8 Å². The third-order valence-corrected chi connectivity index (χ3v) is 7.65. The van der Waals surface area contributed by atoms with Crippen LogP contribution in [0.4, 0.5) is 0 Å². The van der Waals surface area contributed by atoms with Gasteiger partial charge >= 0.3 is 0 Å². The molecule has 0 spiro atoms. The molecule has 2 aliphatic carbocycles. The molecular weight excluding hydrogens is 436 g/mol. The highest BCUT2D eigenvalue weighted by molar-refractivity contribution is 5.96. The molecule has 1 saturated carbocycles. The Balaban J connectivity index is 1.51. The van der Waals surface area contributed by atoms with Crippen molar-refractivity contribution < 1.29 is 29.3 Å². The number of ether oxygens (including phenoxy) is 2. The number of amides is 2. The minimum absolute atomic E-state index is 0.0253. The summed E-state index contributed by atoms with van der Waals surface area (Å²) in [6.07, 6.45) is 5.62. The fourth-order valence-electron chi connectivity index (χ4n) is 5.96. The van der Waals surface area contributed by atoms with Gasteiger partial charge in [-0.05, 0) is 37.8 Å². The van der Waals surface area contributed by atoms with Crippen LogP contribution >= 0.6 is 0 Å². The van der Waals surface area contributed by atoms with Crippen molar-refractivity contribution in [1.82, 2.24) is 10.2 Å². The van der Waals surface area contributed by atoms with Crippen LogP contribution in [0.1, 0.15) is 50.0 Å². The van der Waals surface area contributed by atoms with Crippen LogP contribution in [0.15, 0.2) is 35.9 Å². The minimum atomic E-state index is -0.987. The van der Waals surface area contributed by atoms with Gasteiger partial charge in [0.1, 0.15) is 18.0 Å². The number of benzene rings is 1. The number of para-hydroxylation sites is 1. The maximum atomic E-state index is 13.7. The van der Waals surface area contributed by atoms with E-state index in [0.29, 0.717) is 24.5 Å². The van der Waals surface area contributed by atoms with Gasteiger partial charge in [-0.15, -0.1) is 0 Å². The van der Waals surface area contributed by atoms with Crippen LogP contribution in [-0.4, -0.2) is 77.6 Å². The Morgan fingerprint density at radius 3 is 2.65 bits per heavy atom. The third kappa shape index (κ3) is 4.34. The second-order valence-corrected chi connectivity index (χ2v) is 9.79. The zero-order valence-corrected chi connectivity index (χ0v) is 19.4. The van der Waals surface area contributed by atoms with Gasteiger partial charge < -0.3 is 29.9 Å². The van der Waals surface area contributed by atoms with Gasteiger partial charge in [-0.1, -0.05) is 31.0 Å². The highest BCUT2D eigenvalue weighted by atomic mass is 16.5. The highest BCUT2D eigenvalue weighted by Crippen LogP contribution is 2.47. The summed E-state index contributed by atoms with van der Waals surface area (Å²) in [6.45, 7) is 1.03. The predicted molar refractivity (Wildman–Crippen MR) is 124 cm³/mol. The van der Waals surface area contributed by atoms with E-state index in [1.165, 1.54) is 0 Å². The van der Waals surface area contributed by atoms with E-state index in [1.54, 1.807) is 11.0 Å². The van der Waals surface area contributed by atoms with E-state index in [1.807, 2.05) is 24.3 Å². The Morgan fingerprint density at radius 1 is 1.12 bits per heavy atom. The SMILES string of the molecule is O=C(NCCO)C1=C[C@@H](N(C[C@H]2CCCO2)C(=O)C2CCCC2)[C@H](O)[C@H]2Oc3ccccc3[C@@H]12. The maximum absolute atomic E-state index is 13.7. The van der Waals surface area contributed by atoms with Crippen molar-refractivity contribution in [2.45, 2.75) is 68.8 Å². The molecule has 4 aliphatic rings. The molecule has 1 aromatic carbocycles. The molecule has 0 aromatic heterocycles. The van der Waals surface area contributed by atoms with Gasteiger partial charge in [0.05, 0.1) is 24.7 Å². The smallest absolute Gasteiger partial charge is 0.247 e. The number of carbonyl (C=O) groups excluding carboxylic acids is 2. The van der Waals surface area contributed by atoms with Crippen LogP contribution in [0.3, 0.4) is 0 Å². The summed E-state index contributed by atoms with van der Waals surface area (Å²) in [7, 11) is 0. The van der Waals surface area contributed by atoms with Gasteiger partial charge in [-0.25, -0.2) is 0 Å². The van der Waals surface area contributed by atoms with E-state index >= 15 is 0 Å². The summed E-state index contributed by atoms with van der Waals surface area (Å²) in [6, 6.07) is 6.81. The van der Waals surface area contributed by atoms with Crippen LogP contribution in [0.25, 0.3) is 0 Å². The monoisotopic (exact) mass is 470 g/mol. The molecule has 8 heteroatoms. The molecule has 2 aliphatic heterocycles. The van der Waals surface area contributed by atoms with E-state index in [-0.39, 0.29) is 37.0 Å². The predicted octanol–water partition coefficient (Wildman–Crippen LogP) is 1.51. The average Bonchev–Trinajstić information content (AvgIpc) is 3.62. The van der Waals surface area contributed by atoms with E-state index in [9.17, 15) is 19.8 Å². The average molecular weight is 471 g/mol. The molecule has 2 heterocycles. The molecule has 0 radical (unpaired) electrons. The zero-order chi connectivity index (χ0) is 23.7. The molecule has 8 nitrogen and oxygen atoms in total. The summed E-state index contributed by atoms with van der Waals surface area (Å²) in [5, 5.41) is 23.5. The largest absolute Gasteiger partial charge is 0.486 e.